The van der Waals surface area contributed by atoms with Gasteiger partial charge in [-0.25, -0.2) is 4.79 Å². The van der Waals surface area contributed by atoms with Crippen molar-refractivity contribution in [3.05, 3.63) is 65.7 Å². The van der Waals surface area contributed by atoms with Gasteiger partial charge in [0.15, 0.2) is 5.96 Å². The molecule has 2 aromatic rings. The van der Waals surface area contributed by atoms with Crippen LogP contribution in [-0.2, 0) is 6.54 Å². The standard InChI is InChI=1S/C22H31N5O.HI/c1-16(2)26-22(28)27-20-12-10-18(11-13-20)15-25-21(23-4)24-14-17(3)19-8-6-5-7-9-19;/h5-13,16-17H,14-15H2,1-4H3,(H2,23,24,25)(H2,26,27,28);1H. The lowest BCUT2D eigenvalue weighted by Gasteiger charge is -2.16. The molecule has 2 aromatic carbocycles. The van der Waals surface area contributed by atoms with Gasteiger partial charge in [-0.15, -0.1) is 24.0 Å². The molecule has 6 nitrogen and oxygen atoms in total. The van der Waals surface area contributed by atoms with Gasteiger partial charge in [-0.05, 0) is 43.0 Å². The minimum atomic E-state index is -0.196. The average molecular weight is 509 g/mol. The van der Waals surface area contributed by atoms with Crippen molar-refractivity contribution in [2.75, 3.05) is 18.9 Å². The number of anilines is 1. The zero-order valence-corrected chi connectivity index (χ0v) is 19.9. The molecular formula is C22H32IN5O. The van der Waals surface area contributed by atoms with Crippen LogP contribution in [0.4, 0.5) is 10.5 Å². The van der Waals surface area contributed by atoms with Gasteiger partial charge in [-0.3, -0.25) is 4.99 Å². The Hall–Kier alpha value is -2.29. The van der Waals surface area contributed by atoms with Gasteiger partial charge in [0.2, 0.25) is 0 Å². The Morgan fingerprint density at radius 3 is 2.21 bits per heavy atom. The van der Waals surface area contributed by atoms with E-state index in [2.05, 4.69) is 57.4 Å². The van der Waals surface area contributed by atoms with Crippen molar-refractivity contribution in [3.8, 4) is 0 Å². The number of rotatable bonds is 7. The first-order valence-corrected chi connectivity index (χ1v) is 9.64. The van der Waals surface area contributed by atoms with E-state index in [1.54, 1.807) is 7.05 Å². The monoisotopic (exact) mass is 509 g/mol. The number of urea groups is 1. The Morgan fingerprint density at radius 2 is 1.62 bits per heavy atom. The van der Waals surface area contributed by atoms with Crippen LogP contribution in [0.1, 0.15) is 37.8 Å². The van der Waals surface area contributed by atoms with Crippen LogP contribution in [0, 0.1) is 0 Å². The summed E-state index contributed by atoms with van der Waals surface area (Å²) in [5, 5.41) is 12.3. The number of guanidine groups is 1. The number of nitrogens with zero attached hydrogens (tertiary/aromatic N) is 1. The number of hydrogen-bond acceptors (Lipinski definition) is 2. The van der Waals surface area contributed by atoms with Crippen LogP contribution >= 0.6 is 24.0 Å². The summed E-state index contributed by atoms with van der Waals surface area (Å²) in [4.78, 5) is 16.0. The minimum Gasteiger partial charge on any atom is -0.356 e. The predicted octanol–water partition coefficient (Wildman–Crippen LogP) is 4.30. The zero-order chi connectivity index (χ0) is 20.4. The van der Waals surface area contributed by atoms with Gasteiger partial charge < -0.3 is 21.3 Å². The normalized spacial score (nSPS) is 12.0. The van der Waals surface area contributed by atoms with Gasteiger partial charge in [0.1, 0.15) is 0 Å². The lowest BCUT2D eigenvalue weighted by atomic mass is 10.0. The first-order valence-electron chi connectivity index (χ1n) is 9.64. The molecule has 0 fully saturated rings. The zero-order valence-electron chi connectivity index (χ0n) is 17.5. The van der Waals surface area contributed by atoms with Crippen molar-refractivity contribution in [2.24, 2.45) is 4.99 Å². The van der Waals surface area contributed by atoms with Crippen LogP contribution in [0.2, 0.25) is 0 Å². The molecule has 0 aliphatic carbocycles. The summed E-state index contributed by atoms with van der Waals surface area (Å²) in [6.45, 7) is 7.50. The number of halogens is 1. The van der Waals surface area contributed by atoms with E-state index in [0.717, 1.165) is 23.8 Å². The average Bonchev–Trinajstić information content (AvgIpc) is 2.69. The van der Waals surface area contributed by atoms with Crippen LogP contribution < -0.4 is 21.3 Å². The molecule has 7 heteroatoms. The molecule has 0 spiro atoms. The van der Waals surface area contributed by atoms with E-state index in [0.29, 0.717) is 12.5 Å². The molecule has 4 N–H and O–H groups in total. The third kappa shape index (κ3) is 9.17. The maximum Gasteiger partial charge on any atom is 0.319 e. The minimum absolute atomic E-state index is 0. The van der Waals surface area contributed by atoms with E-state index >= 15 is 0 Å². The summed E-state index contributed by atoms with van der Waals surface area (Å²) >= 11 is 0. The first-order chi connectivity index (χ1) is 13.5. The fourth-order valence-corrected chi connectivity index (χ4v) is 2.69. The topological polar surface area (TPSA) is 77.5 Å². The van der Waals surface area contributed by atoms with E-state index in [9.17, 15) is 4.79 Å². The van der Waals surface area contributed by atoms with Gasteiger partial charge in [0, 0.05) is 31.9 Å². The van der Waals surface area contributed by atoms with E-state index in [1.807, 2.05) is 44.2 Å². The molecule has 0 bridgehead atoms. The largest absolute Gasteiger partial charge is 0.356 e. The highest BCUT2D eigenvalue weighted by atomic mass is 127. The van der Waals surface area contributed by atoms with Crippen LogP contribution in [0.15, 0.2) is 59.6 Å². The van der Waals surface area contributed by atoms with E-state index in [1.165, 1.54) is 5.56 Å². The number of benzene rings is 2. The number of aliphatic imine (C=N–C) groups is 1. The Labute approximate surface area is 191 Å². The molecule has 2 rings (SSSR count). The number of hydrogen-bond donors (Lipinski definition) is 4. The van der Waals surface area contributed by atoms with Gasteiger partial charge >= 0.3 is 6.03 Å². The molecule has 0 heterocycles. The second-order valence-electron chi connectivity index (χ2n) is 7.07. The smallest absolute Gasteiger partial charge is 0.319 e. The summed E-state index contributed by atoms with van der Waals surface area (Å²) in [5.41, 5.74) is 3.17. The van der Waals surface area contributed by atoms with Crippen molar-refractivity contribution in [2.45, 2.75) is 39.3 Å². The predicted molar refractivity (Wildman–Crippen MR) is 132 cm³/mol. The molecule has 158 valence electrons. The van der Waals surface area contributed by atoms with Crippen LogP contribution in [0.3, 0.4) is 0 Å². The molecule has 0 saturated heterocycles. The highest BCUT2D eigenvalue weighted by Gasteiger charge is 2.07. The number of carbonyl (C=O) groups is 1. The fourth-order valence-electron chi connectivity index (χ4n) is 2.69. The Balaban J connectivity index is 0.00000420. The second kappa shape index (κ2) is 13.0. The maximum absolute atomic E-state index is 11.7. The van der Waals surface area contributed by atoms with E-state index in [-0.39, 0.29) is 36.0 Å². The molecular weight excluding hydrogens is 477 g/mol. The molecule has 0 aliphatic heterocycles. The number of amides is 2. The fraction of sp³-hybridized carbons (Fsp3) is 0.364. The van der Waals surface area contributed by atoms with Crippen molar-refractivity contribution in [1.29, 1.82) is 0 Å². The number of carbonyl (C=O) groups excluding carboxylic acids is 1. The van der Waals surface area contributed by atoms with Crippen molar-refractivity contribution in [3.63, 3.8) is 0 Å². The lowest BCUT2D eigenvalue weighted by Crippen LogP contribution is -2.38. The summed E-state index contributed by atoms with van der Waals surface area (Å²) in [5.74, 6) is 1.16. The Morgan fingerprint density at radius 1 is 0.966 bits per heavy atom. The van der Waals surface area contributed by atoms with Gasteiger partial charge in [0.05, 0.1) is 0 Å². The van der Waals surface area contributed by atoms with E-state index in [4.69, 9.17) is 0 Å². The SMILES string of the molecule is CN=C(NCc1ccc(NC(=O)NC(C)C)cc1)NCC(C)c1ccccc1.I. The van der Waals surface area contributed by atoms with Crippen LogP contribution in [0.5, 0.6) is 0 Å². The molecule has 0 radical (unpaired) electrons. The number of nitrogens with one attached hydrogen (secondary N) is 4. The molecule has 0 saturated carbocycles. The van der Waals surface area contributed by atoms with E-state index < -0.39 is 0 Å². The third-order valence-corrected chi connectivity index (χ3v) is 4.26. The molecule has 1 atom stereocenters. The molecule has 2 amide bonds. The second-order valence-corrected chi connectivity index (χ2v) is 7.07. The summed E-state index contributed by atoms with van der Waals surface area (Å²) < 4.78 is 0. The Bertz CT molecular complexity index is 763. The lowest BCUT2D eigenvalue weighted by molar-refractivity contribution is 0.250. The molecule has 29 heavy (non-hydrogen) atoms. The molecule has 1 unspecified atom stereocenters. The van der Waals surface area contributed by atoms with Crippen molar-refractivity contribution in [1.82, 2.24) is 16.0 Å². The summed E-state index contributed by atoms with van der Waals surface area (Å²) in [6.07, 6.45) is 0. The Kier molecular flexibility index (Phi) is 11.1. The third-order valence-electron chi connectivity index (χ3n) is 4.26. The maximum atomic E-state index is 11.7. The van der Waals surface area contributed by atoms with Gasteiger partial charge in [0.25, 0.3) is 0 Å². The van der Waals surface area contributed by atoms with Gasteiger partial charge in [-0.2, -0.15) is 0 Å². The molecule has 0 aliphatic rings. The summed E-state index contributed by atoms with van der Waals surface area (Å²) in [7, 11) is 1.77. The van der Waals surface area contributed by atoms with Gasteiger partial charge in [-0.1, -0.05) is 49.4 Å². The van der Waals surface area contributed by atoms with Crippen molar-refractivity contribution >= 4 is 41.7 Å². The summed E-state index contributed by atoms with van der Waals surface area (Å²) in [6, 6.07) is 18.1. The van der Waals surface area contributed by atoms with Crippen LogP contribution in [0.25, 0.3) is 0 Å². The van der Waals surface area contributed by atoms with Crippen LogP contribution in [-0.4, -0.2) is 31.6 Å². The highest BCUT2D eigenvalue weighted by molar-refractivity contribution is 14.0. The quantitative estimate of drug-likeness (QED) is 0.255. The highest BCUT2D eigenvalue weighted by Crippen LogP contribution is 2.13. The van der Waals surface area contributed by atoms with Crippen molar-refractivity contribution < 1.29 is 4.79 Å². The first kappa shape index (κ1) is 24.7. The molecule has 0 aromatic heterocycles.